The second kappa shape index (κ2) is 7.95. The number of morpholine rings is 1. The van der Waals surface area contributed by atoms with Crippen molar-refractivity contribution >= 4 is 5.91 Å². The van der Waals surface area contributed by atoms with Crippen LogP contribution in [0.3, 0.4) is 0 Å². The van der Waals surface area contributed by atoms with Crippen molar-refractivity contribution < 1.29 is 19.0 Å². The van der Waals surface area contributed by atoms with Crippen molar-refractivity contribution in [3.63, 3.8) is 0 Å². The van der Waals surface area contributed by atoms with Crippen molar-refractivity contribution in [3.05, 3.63) is 24.5 Å². The highest BCUT2D eigenvalue weighted by Crippen LogP contribution is 2.15. The van der Waals surface area contributed by atoms with E-state index in [9.17, 15) is 4.79 Å². The Kier molecular flexibility index (Phi) is 5.95. The van der Waals surface area contributed by atoms with Crippen molar-refractivity contribution in [2.75, 3.05) is 33.5 Å². The van der Waals surface area contributed by atoms with E-state index in [1.165, 1.54) is 0 Å². The van der Waals surface area contributed by atoms with Crippen LogP contribution in [-0.4, -0.2) is 61.4 Å². The molecule has 2 heterocycles. The SMILES string of the molecule is COCCC1COCCN1C(=O)C(C)Oc1cccnc1. The molecule has 0 aromatic carbocycles. The van der Waals surface area contributed by atoms with Gasteiger partial charge in [-0.25, -0.2) is 0 Å². The van der Waals surface area contributed by atoms with E-state index in [0.29, 0.717) is 32.1 Å². The Balaban J connectivity index is 1.95. The number of nitrogens with zero attached hydrogens (tertiary/aromatic N) is 2. The van der Waals surface area contributed by atoms with E-state index in [4.69, 9.17) is 14.2 Å². The number of amides is 1. The maximum Gasteiger partial charge on any atom is 0.263 e. The second-order valence-corrected chi connectivity index (χ2v) is 4.99. The largest absolute Gasteiger partial charge is 0.479 e. The van der Waals surface area contributed by atoms with Gasteiger partial charge in [-0.1, -0.05) is 0 Å². The highest BCUT2D eigenvalue weighted by atomic mass is 16.5. The maximum absolute atomic E-state index is 12.6. The molecule has 1 aliphatic rings. The Hall–Kier alpha value is -1.66. The first kappa shape index (κ1) is 15.7. The number of ether oxygens (including phenoxy) is 3. The number of aromatic nitrogens is 1. The van der Waals surface area contributed by atoms with Gasteiger partial charge in [0.1, 0.15) is 5.75 Å². The third-order valence-corrected chi connectivity index (χ3v) is 3.46. The molecule has 0 N–H and O–H groups in total. The molecule has 2 unspecified atom stereocenters. The van der Waals surface area contributed by atoms with Crippen molar-refractivity contribution in [1.82, 2.24) is 9.88 Å². The van der Waals surface area contributed by atoms with Crippen LogP contribution in [0.2, 0.25) is 0 Å². The highest BCUT2D eigenvalue weighted by Gasteiger charge is 2.30. The molecule has 6 nitrogen and oxygen atoms in total. The molecule has 0 radical (unpaired) electrons. The first-order valence-electron chi connectivity index (χ1n) is 7.16. The summed E-state index contributed by atoms with van der Waals surface area (Å²) in [5.74, 6) is 0.573. The van der Waals surface area contributed by atoms with Crippen LogP contribution in [0.4, 0.5) is 0 Å². The third kappa shape index (κ3) is 4.41. The van der Waals surface area contributed by atoms with E-state index in [-0.39, 0.29) is 11.9 Å². The third-order valence-electron chi connectivity index (χ3n) is 3.46. The van der Waals surface area contributed by atoms with Gasteiger partial charge in [0.25, 0.3) is 5.91 Å². The fourth-order valence-electron chi connectivity index (χ4n) is 2.34. The first-order chi connectivity index (χ1) is 10.2. The Morgan fingerprint density at radius 1 is 1.62 bits per heavy atom. The minimum Gasteiger partial charge on any atom is -0.479 e. The van der Waals surface area contributed by atoms with Gasteiger partial charge in [0.05, 0.1) is 25.5 Å². The zero-order chi connectivity index (χ0) is 15.1. The molecule has 0 saturated carbocycles. The number of rotatable bonds is 6. The molecule has 6 heteroatoms. The lowest BCUT2D eigenvalue weighted by Gasteiger charge is -2.37. The number of carbonyl (C=O) groups excluding carboxylic acids is 1. The number of methoxy groups -OCH3 is 1. The monoisotopic (exact) mass is 294 g/mol. The lowest BCUT2D eigenvalue weighted by atomic mass is 10.1. The van der Waals surface area contributed by atoms with E-state index in [2.05, 4.69) is 4.98 Å². The molecule has 0 spiro atoms. The fraction of sp³-hybridized carbons (Fsp3) is 0.600. The Labute approximate surface area is 125 Å². The Morgan fingerprint density at radius 2 is 2.48 bits per heavy atom. The van der Waals surface area contributed by atoms with E-state index in [1.54, 1.807) is 38.6 Å². The molecule has 0 aliphatic carbocycles. The van der Waals surface area contributed by atoms with E-state index < -0.39 is 6.10 Å². The van der Waals surface area contributed by atoms with Gasteiger partial charge >= 0.3 is 0 Å². The summed E-state index contributed by atoms with van der Waals surface area (Å²) in [6.07, 6.45) is 3.49. The lowest BCUT2D eigenvalue weighted by molar-refractivity contribution is -0.147. The molecule has 1 aromatic heterocycles. The van der Waals surface area contributed by atoms with Gasteiger partial charge in [-0.3, -0.25) is 9.78 Å². The molecule has 2 rings (SSSR count). The molecule has 1 amide bonds. The van der Waals surface area contributed by atoms with E-state index in [1.807, 2.05) is 4.90 Å². The molecule has 1 aromatic rings. The molecule has 116 valence electrons. The standard InChI is InChI=1S/C15H22N2O4/c1-12(21-14-4-3-6-16-10-14)15(18)17-7-9-20-11-13(17)5-8-19-2/h3-4,6,10,12-13H,5,7-9,11H2,1-2H3. The zero-order valence-electron chi connectivity index (χ0n) is 12.5. The van der Waals surface area contributed by atoms with Crippen LogP contribution >= 0.6 is 0 Å². The average molecular weight is 294 g/mol. The summed E-state index contributed by atoms with van der Waals surface area (Å²) < 4.78 is 16.2. The van der Waals surface area contributed by atoms with Gasteiger partial charge in [-0.15, -0.1) is 0 Å². The molecule has 1 fully saturated rings. The smallest absolute Gasteiger partial charge is 0.263 e. The fourth-order valence-corrected chi connectivity index (χ4v) is 2.34. The maximum atomic E-state index is 12.6. The van der Waals surface area contributed by atoms with Crippen molar-refractivity contribution in [2.24, 2.45) is 0 Å². The van der Waals surface area contributed by atoms with Crippen molar-refractivity contribution in [2.45, 2.75) is 25.5 Å². The minimum absolute atomic E-state index is 0.0248. The zero-order valence-corrected chi connectivity index (χ0v) is 12.5. The highest BCUT2D eigenvalue weighted by molar-refractivity contribution is 5.81. The van der Waals surface area contributed by atoms with Crippen molar-refractivity contribution in [3.8, 4) is 5.75 Å². The van der Waals surface area contributed by atoms with Crippen LogP contribution in [0.1, 0.15) is 13.3 Å². The van der Waals surface area contributed by atoms with Crippen molar-refractivity contribution in [1.29, 1.82) is 0 Å². The van der Waals surface area contributed by atoms with Gasteiger partial charge in [0, 0.05) is 26.5 Å². The quantitative estimate of drug-likeness (QED) is 0.786. The average Bonchev–Trinajstić information content (AvgIpc) is 2.53. The van der Waals surface area contributed by atoms with Gasteiger partial charge in [-0.05, 0) is 25.5 Å². The van der Waals surface area contributed by atoms with E-state index >= 15 is 0 Å². The van der Waals surface area contributed by atoms with Crippen LogP contribution in [-0.2, 0) is 14.3 Å². The summed E-state index contributed by atoms with van der Waals surface area (Å²) >= 11 is 0. The molecular weight excluding hydrogens is 272 g/mol. The van der Waals surface area contributed by atoms with Gasteiger partial charge in [0.2, 0.25) is 0 Å². The summed E-state index contributed by atoms with van der Waals surface area (Å²) in [6.45, 7) is 4.07. The normalized spacial score (nSPS) is 20.1. The summed E-state index contributed by atoms with van der Waals surface area (Å²) in [7, 11) is 1.66. The molecule has 1 saturated heterocycles. The predicted octanol–water partition coefficient (Wildman–Crippen LogP) is 1.11. The predicted molar refractivity (Wildman–Crippen MR) is 77.1 cm³/mol. The number of hydrogen-bond donors (Lipinski definition) is 0. The van der Waals surface area contributed by atoms with Crippen LogP contribution in [0.25, 0.3) is 0 Å². The second-order valence-electron chi connectivity index (χ2n) is 4.99. The van der Waals surface area contributed by atoms with Crippen LogP contribution in [0.5, 0.6) is 5.75 Å². The molecule has 21 heavy (non-hydrogen) atoms. The minimum atomic E-state index is -0.544. The topological polar surface area (TPSA) is 60.9 Å². The summed E-state index contributed by atoms with van der Waals surface area (Å²) in [6, 6.07) is 3.62. The van der Waals surface area contributed by atoms with E-state index in [0.717, 1.165) is 6.42 Å². The number of hydrogen-bond acceptors (Lipinski definition) is 5. The molecule has 1 aliphatic heterocycles. The summed E-state index contributed by atoms with van der Waals surface area (Å²) in [4.78, 5) is 18.4. The van der Waals surface area contributed by atoms with Crippen LogP contribution in [0, 0.1) is 0 Å². The van der Waals surface area contributed by atoms with Gasteiger partial charge in [0.15, 0.2) is 6.10 Å². The van der Waals surface area contributed by atoms with Gasteiger partial charge in [-0.2, -0.15) is 0 Å². The number of pyridine rings is 1. The summed E-state index contributed by atoms with van der Waals surface area (Å²) in [5, 5.41) is 0. The Bertz CT molecular complexity index is 441. The van der Waals surface area contributed by atoms with Crippen LogP contribution in [0.15, 0.2) is 24.5 Å². The molecular formula is C15H22N2O4. The number of carbonyl (C=O) groups is 1. The van der Waals surface area contributed by atoms with Crippen LogP contribution < -0.4 is 4.74 Å². The molecule has 0 bridgehead atoms. The lowest BCUT2D eigenvalue weighted by Crippen LogP contribution is -2.52. The Morgan fingerprint density at radius 3 is 3.19 bits per heavy atom. The molecule has 2 atom stereocenters. The first-order valence-corrected chi connectivity index (χ1v) is 7.16. The summed E-state index contributed by atoms with van der Waals surface area (Å²) in [5.41, 5.74) is 0. The van der Waals surface area contributed by atoms with Gasteiger partial charge < -0.3 is 19.1 Å².